The van der Waals surface area contributed by atoms with Crippen LogP contribution in [0.25, 0.3) is 0 Å². The smallest absolute Gasteiger partial charge is 0.282 e. The normalized spacial score (nSPS) is 22.2. The van der Waals surface area contributed by atoms with Crippen molar-refractivity contribution in [3.8, 4) is 11.6 Å². The van der Waals surface area contributed by atoms with E-state index in [0.717, 1.165) is 64.1 Å². The van der Waals surface area contributed by atoms with Crippen molar-refractivity contribution < 1.29 is 22.3 Å². The van der Waals surface area contributed by atoms with Crippen molar-refractivity contribution in [1.82, 2.24) is 34.6 Å². The van der Waals surface area contributed by atoms with Crippen molar-refractivity contribution in [1.29, 1.82) is 0 Å². The van der Waals surface area contributed by atoms with Crippen LogP contribution in [0.5, 0.6) is 11.6 Å². The highest BCUT2D eigenvalue weighted by Gasteiger charge is 2.47. The summed E-state index contributed by atoms with van der Waals surface area (Å²) in [5.74, 6) is 0.0817. The summed E-state index contributed by atoms with van der Waals surface area (Å²) in [4.78, 5) is 24.6. The maximum atomic E-state index is 14.4. The summed E-state index contributed by atoms with van der Waals surface area (Å²) in [6, 6.07) is 11.5. The fourth-order valence-corrected chi connectivity index (χ4v) is 9.68. The number of ether oxygens (including phenoxy) is 1. The zero-order chi connectivity index (χ0) is 34.5. The number of piperidine rings is 1. The molecule has 1 N–H and O–H groups in total. The second-order valence-corrected chi connectivity index (χ2v) is 16.5. The highest BCUT2D eigenvalue weighted by Crippen LogP contribution is 2.44. The van der Waals surface area contributed by atoms with Crippen LogP contribution in [-0.4, -0.2) is 107 Å². The van der Waals surface area contributed by atoms with E-state index in [1.54, 1.807) is 21.3 Å². The van der Waals surface area contributed by atoms with Crippen LogP contribution in [-0.2, 0) is 16.6 Å². The van der Waals surface area contributed by atoms with E-state index >= 15 is 0 Å². The number of piperazine rings is 1. The molecule has 0 saturated carbocycles. The summed E-state index contributed by atoms with van der Waals surface area (Å²) in [6.07, 6.45) is 4.32. The lowest BCUT2D eigenvalue weighted by Crippen LogP contribution is -2.60. The topological polar surface area (TPSA) is 124 Å². The molecule has 2 atom stereocenters. The van der Waals surface area contributed by atoms with Crippen molar-refractivity contribution in [2.75, 3.05) is 44.2 Å². The predicted molar refractivity (Wildman–Crippen MR) is 182 cm³/mol. The van der Waals surface area contributed by atoms with Gasteiger partial charge in [-0.1, -0.05) is 12.1 Å². The van der Waals surface area contributed by atoms with E-state index in [1.165, 1.54) is 24.5 Å². The highest BCUT2D eigenvalue weighted by atomic mass is 32.2. The zero-order valence-corrected chi connectivity index (χ0v) is 29.4. The summed E-state index contributed by atoms with van der Waals surface area (Å²) in [5, 5.41) is 11.5. The summed E-state index contributed by atoms with van der Waals surface area (Å²) in [6.45, 7) is 13.2. The number of hydrogen-bond acceptors (Lipinski definition) is 10. The molecule has 1 amide bonds. The van der Waals surface area contributed by atoms with E-state index in [0.29, 0.717) is 17.3 Å². The van der Waals surface area contributed by atoms with Gasteiger partial charge in [0.1, 0.15) is 17.9 Å². The van der Waals surface area contributed by atoms with Gasteiger partial charge in [-0.25, -0.2) is 17.8 Å². The van der Waals surface area contributed by atoms with E-state index in [9.17, 15) is 17.6 Å². The number of benzene rings is 2. The molecule has 4 fully saturated rings. The molecule has 3 aromatic rings. The summed E-state index contributed by atoms with van der Waals surface area (Å²) < 4.78 is 48.7. The number of carbonyl (C=O) groups is 1. The van der Waals surface area contributed by atoms with Crippen molar-refractivity contribution in [2.45, 2.75) is 82.6 Å². The first-order valence-electron chi connectivity index (χ1n) is 17.2. The molecule has 4 aliphatic rings. The fraction of sp³-hybridized carbons (Fsp3) is 0.543. The fourth-order valence-electron chi connectivity index (χ4n) is 8.00. The number of halogens is 1. The first kappa shape index (κ1) is 33.8. The van der Waals surface area contributed by atoms with Gasteiger partial charge in [0, 0.05) is 62.3 Å². The Balaban J connectivity index is 0.962. The van der Waals surface area contributed by atoms with Crippen molar-refractivity contribution in [3.63, 3.8) is 0 Å². The van der Waals surface area contributed by atoms with Crippen LogP contribution in [0.4, 0.5) is 10.2 Å². The number of rotatable bonds is 10. The second kappa shape index (κ2) is 13.2. The Labute approximate surface area is 287 Å². The molecule has 4 saturated heterocycles. The first-order chi connectivity index (χ1) is 23.4. The van der Waals surface area contributed by atoms with Crippen molar-refractivity contribution in [3.05, 3.63) is 65.7 Å². The minimum absolute atomic E-state index is 0.0615. The maximum Gasteiger partial charge on any atom is 0.282 e. The first-order valence-corrected chi connectivity index (χ1v) is 18.7. The van der Waals surface area contributed by atoms with Crippen LogP contribution in [0.15, 0.2) is 53.7 Å². The number of sulfonamides is 1. The average molecular weight is 693 g/mol. The van der Waals surface area contributed by atoms with Gasteiger partial charge in [-0.2, -0.15) is 4.31 Å². The number of carbonyl (C=O) groups excluding carboxylic acids is 1. The van der Waals surface area contributed by atoms with Gasteiger partial charge < -0.3 is 19.9 Å². The lowest BCUT2D eigenvalue weighted by Gasteiger charge is -2.54. The molecule has 2 aromatic carbocycles. The number of anilines is 1. The summed E-state index contributed by atoms with van der Waals surface area (Å²) >= 11 is 0. The lowest BCUT2D eigenvalue weighted by atomic mass is 9.72. The number of fused-ring (bicyclic) bond motifs is 2. The molecule has 12 nitrogen and oxygen atoms in total. The summed E-state index contributed by atoms with van der Waals surface area (Å²) in [5.41, 5.74) is 1.37. The monoisotopic (exact) mass is 692 g/mol. The molecule has 1 aromatic heterocycles. The molecule has 0 unspecified atom stereocenters. The zero-order valence-electron chi connectivity index (χ0n) is 28.5. The molecule has 2 bridgehead atoms. The molecule has 0 radical (unpaired) electrons. The van der Waals surface area contributed by atoms with Crippen LogP contribution in [0.2, 0.25) is 0 Å². The SMILES string of the molecule is CC(C)N(C(=O)c1cc(F)ccc1Oc1nncnc1N1CC2(CCN(Cc3ccc(S(=O)(=O)N4C[C@@H]5C[C@H]4CN5)cc3)CC2)C1)C(C)C. The van der Waals surface area contributed by atoms with Gasteiger partial charge >= 0.3 is 0 Å². The third kappa shape index (κ3) is 6.63. The Morgan fingerprint density at radius 3 is 2.43 bits per heavy atom. The van der Waals surface area contributed by atoms with Crippen molar-refractivity contribution >= 4 is 21.7 Å². The Morgan fingerprint density at radius 2 is 1.80 bits per heavy atom. The number of hydrogen-bond donors (Lipinski definition) is 1. The number of nitrogens with one attached hydrogen (secondary N) is 1. The van der Waals surface area contributed by atoms with Gasteiger partial charge in [0.2, 0.25) is 10.0 Å². The number of amides is 1. The third-order valence-electron chi connectivity index (χ3n) is 10.5. The Kier molecular flexibility index (Phi) is 9.09. The second-order valence-electron chi connectivity index (χ2n) is 14.6. The van der Waals surface area contributed by atoms with Crippen LogP contribution in [0, 0.1) is 11.2 Å². The molecule has 5 heterocycles. The standard InChI is InChI=1S/C35H45FN8O4S/c1-23(2)44(24(3)4)34(45)30-15-26(36)7-10-31(30)48-33-32(38-22-39-40-33)42-20-35(21-42)11-13-41(14-12-35)18-25-5-8-29(9-6-25)49(46,47)43-19-27-16-28(43)17-37-27/h5-10,15,22-24,27-28,37H,11-14,16-21H2,1-4H3/t27-,28-/m0/s1. The Bertz CT molecular complexity index is 1780. The van der Waals surface area contributed by atoms with Gasteiger partial charge in [-0.05, 0) is 95.9 Å². The average Bonchev–Trinajstić information content (AvgIpc) is 3.70. The van der Waals surface area contributed by atoms with E-state index in [2.05, 4.69) is 30.3 Å². The largest absolute Gasteiger partial charge is 0.434 e. The molecule has 7 rings (SSSR count). The van der Waals surface area contributed by atoms with E-state index in [1.807, 2.05) is 39.8 Å². The van der Waals surface area contributed by atoms with E-state index in [-0.39, 0.29) is 52.7 Å². The lowest BCUT2D eigenvalue weighted by molar-refractivity contribution is 0.0640. The predicted octanol–water partition coefficient (Wildman–Crippen LogP) is 3.90. The molecular formula is C35H45FN8O4S. The molecule has 262 valence electrons. The quantitative estimate of drug-likeness (QED) is 0.335. The number of nitrogens with zero attached hydrogens (tertiary/aromatic N) is 7. The van der Waals surface area contributed by atoms with Crippen LogP contribution >= 0.6 is 0 Å². The van der Waals surface area contributed by atoms with Crippen LogP contribution in [0.1, 0.15) is 62.9 Å². The molecular weight excluding hydrogens is 648 g/mol. The van der Waals surface area contributed by atoms with Gasteiger partial charge in [0.05, 0.1) is 10.5 Å². The third-order valence-corrected chi connectivity index (χ3v) is 12.4. The van der Waals surface area contributed by atoms with Crippen molar-refractivity contribution in [2.24, 2.45) is 5.41 Å². The van der Waals surface area contributed by atoms with Crippen LogP contribution in [0.3, 0.4) is 0 Å². The maximum absolute atomic E-state index is 14.4. The molecule has 1 spiro atoms. The summed E-state index contributed by atoms with van der Waals surface area (Å²) in [7, 11) is -3.48. The molecule has 14 heteroatoms. The van der Waals surface area contributed by atoms with Crippen LogP contribution < -0.4 is 15.0 Å². The minimum atomic E-state index is -3.48. The van der Waals surface area contributed by atoms with E-state index in [4.69, 9.17) is 4.74 Å². The van der Waals surface area contributed by atoms with Gasteiger partial charge in [0.15, 0.2) is 5.82 Å². The number of likely N-dealkylation sites (tertiary alicyclic amines) is 1. The Hall–Kier alpha value is -3.72. The van der Waals surface area contributed by atoms with Gasteiger partial charge in [0.25, 0.3) is 11.8 Å². The molecule has 4 aliphatic heterocycles. The minimum Gasteiger partial charge on any atom is -0.434 e. The highest BCUT2D eigenvalue weighted by molar-refractivity contribution is 7.89. The Morgan fingerprint density at radius 1 is 1.08 bits per heavy atom. The van der Waals surface area contributed by atoms with Gasteiger partial charge in [-0.15, -0.1) is 10.2 Å². The van der Waals surface area contributed by atoms with Gasteiger partial charge in [-0.3, -0.25) is 9.69 Å². The number of aromatic nitrogens is 3. The molecule has 49 heavy (non-hydrogen) atoms. The molecule has 0 aliphatic carbocycles. The van der Waals surface area contributed by atoms with E-state index < -0.39 is 15.8 Å².